The van der Waals surface area contributed by atoms with Crippen LogP contribution in [0.1, 0.15) is 29.0 Å². The number of benzene rings is 2. The van der Waals surface area contributed by atoms with Gasteiger partial charge >= 0.3 is 0 Å². The third-order valence-electron chi connectivity index (χ3n) is 3.95. The van der Waals surface area contributed by atoms with Crippen LogP contribution < -0.4 is 0 Å². The van der Waals surface area contributed by atoms with Crippen molar-refractivity contribution in [3.63, 3.8) is 0 Å². The quantitative estimate of drug-likeness (QED) is 0.740. The molecule has 3 rings (SSSR count). The lowest BCUT2D eigenvalue weighted by molar-refractivity contribution is 0.0734. The van der Waals surface area contributed by atoms with E-state index in [1.807, 2.05) is 30.3 Å². The molecule has 0 bridgehead atoms. The second kappa shape index (κ2) is 6.62. The molecule has 1 aromatic heterocycles. The number of aromatic nitrogens is 3. The molecule has 0 aliphatic heterocycles. The molecule has 0 aliphatic rings. The van der Waals surface area contributed by atoms with E-state index in [1.165, 1.54) is 22.0 Å². The highest BCUT2D eigenvalue weighted by Crippen LogP contribution is 2.22. The zero-order chi connectivity index (χ0) is 17.1. The minimum absolute atomic E-state index is 0.213. The molecular weight excluding hydrogens is 307 g/mol. The molecular formula is C18H17FN4O. The number of para-hydroxylation sites is 1. The molecule has 0 saturated carbocycles. The van der Waals surface area contributed by atoms with Crippen LogP contribution in [0.2, 0.25) is 0 Å². The van der Waals surface area contributed by atoms with Crippen molar-refractivity contribution < 1.29 is 9.18 Å². The Morgan fingerprint density at radius 1 is 1.12 bits per heavy atom. The fourth-order valence-electron chi connectivity index (χ4n) is 2.43. The van der Waals surface area contributed by atoms with Gasteiger partial charge in [0.05, 0.1) is 17.9 Å². The summed E-state index contributed by atoms with van der Waals surface area (Å²) >= 11 is 0. The summed E-state index contributed by atoms with van der Waals surface area (Å²) in [6.45, 7) is 1.78. The summed E-state index contributed by atoms with van der Waals surface area (Å²) in [4.78, 5) is 15.5. The molecule has 0 N–H and O–H groups in total. The van der Waals surface area contributed by atoms with Crippen molar-refractivity contribution in [1.29, 1.82) is 0 Å². The highest BCUT2D eigenvalue weighted by Gasteiger charge is 2.23. The Kier molecular flexibility index (Phi) is 4.37. The van der Waals surface area contributed by atoms with Gasteiger partial charge in [0.1, 0.15) is 5.82 Å². The maximum atomic E-state index is 13.9. The number of rotatable bonds is 4. The molecule has 0 radical (unpaired) electrons. The Balaban J connectivity index is 1.82. The normalized spacial score (nSPS) is 12.0. The average Bonchev–Trinajstić information content (AvgIpc) is 3.11. The lowest BCUT2D eigenvalue weighted by Gasteiger charge is -2.24. The number of carbonyl (C=O) groups is 1. The molecule has 24 heavy (non-hydrogen) atoms. The van der Waals surface area contributed by atoms with Crippen LogP contribution in [0, 0.1) is 5.82 Å². The first kappa shape index (κ1) is 15.9. The number of hydrogen-bond donors (Lipinski definition) is 0. The highest BCUT2D eigenvalue weighted by molar-refractivity contribution is 5.92. The number of hydrogen-bond acceptors (Lipinski definition) is 3. The van der Waals surface area contributed by atoms with Crippen molar-refractivity contribution in [3.8, 4) is 5.69 Å². The molecule has 1 atom stereocenters. The molecule has 1 unspecified atom stereocenters. The second-order valence-electron chi connectivity index (χ2n) is 5.47. The van der Waals surface area contributed by atoms with Gasteiger partial charge < -0.3 is 4.90 Å². The largest absolute Gasteiger partial charge is 0.333 e. The number of amides is 1. The molecule has 1 heterocycles. The molecule has 3 aromatic rings. The van der Waals surface area contributed by atoms with E-state index in [9.17, 15) is 9.18 Å². The topological polar surface area (TPSA) is 51.0 Å². The fraction of sp³-hybridized carbons (Fsp3) is 0.167. The number of halogens is 1. The van der Waals surface area contributed by atoms with Crippen LogP contribution in [0.5, 0.6) is 0 Å². The van der Waals surface area contributed by atoms with Crippen LogP contribution in [0.3, 0.4) is 0 Å². The van der Waals surface area contributed by atoms with E-state index in [-0.39, 0.29) is 17.4 Å². The lowest BCUT2D eigenvalue weighted by atomic mass is 10.1. The molecule has 0 fully saturated rings. The smallest absolute Gasteiger partial charge is 0.276 e. The summed E-state index contributed by atoms with van der Waals surface area (Å²) < 4.78 is 13.9. The Bertz CT molecular complexity index is 847. The van der Waals surface area contributed by atoms with Crippen LogP contribution in [-0.4, -0.2) is 32.8 Å². The van der Waals surface area contributed by atoms with Crippen molar-refractivity contribution in [1.82, 2.24) is 19.9 Å². The Hall–Kier alpha value is -3.02. The van der Waals surface area contributed by atoms with Crippen molar-refractivity contribution in [2.75, 3.05) is 7.05 Å². The van der Waals surface area contributed by atoms with Gasteiger partial charge in [-0.05, 0) is 25.1 Å². The molecule has 0 aliphatic carbocycles. The van der Waals surface area contributed by atoms with Gasteiger partial charge in [0.15, 0.2) is 5.69 Å². The monoisotopic (exact) mass is 324 g/mol. The first-order valence-corrected chi connectivity index (χ1v) is 7.57. The van der Waals surface area contributed by atoms with Crippen LogP contribution >= 0.6 is 0 Å². The Morgan fingerprint density at radius 2 is 1.79 bits per heavy atom. The van der Waals surface area contributed by atoms with Crippen molar-refractivity contribution in [2.45, 2.75) is 13.0 Å². The Labute approximate surface area is 139 Å². The summed E-state index contributed by atoms with van der Waals surface area (Å²) in [7, 11) is 1.63. The second-order valence-corrected chi connectivity index (χ2v) is 5.47. The van der Waals surface area contributed by atoms with E-state index in [0.717, 1.165) is 5.69 Å². The van der Waals surface area contributed by atoms with Crippen molar-refractivity contribution in [2.24, 2.45) is 0 Å². The van der Waals surface area contributed by atoms with Gasteiger partial charge in [0, 0.05) is 12.6 Å². The van der Waals surface area contributed by atoms with Gasteiger partial charge in [-0.1, -0.05) is 36.4 Å². The molecule has 6 heteroatoms. The molecule has 122 valence electrons. The maximum absolute atomic E-state index is 13.9. The van der Waals surface area contributed by atoms with E-state index in [4.69, 9.17) is 0 Å². The summed E-state index contributed by atoms with van der Waals surface area (Å²) in [6, 6.07) is 15.3. The van der Waals surface area contributed by atoms with Crippen LogP contribution in [0.25, 0.3) is 5.69 Å². The van der Waals surface area contributed by atoms with E-state index >= 15 is 0 Å². The first-order valence-electron chi connectivity index (χ1n) is 7.57. The SMILES string of the molecule is CC(c1ccccc1F)N(C)C(=O)c1cnn(-c2ccccc2)n1. The third-order valence-corrected chi connectivity index (χ3v) is 3.95. The molecule has 0 saturated heterocycles. The fourth-order valence-corrected chi connectivity index (χ4v) is 2.43. The number of nitrogens with zero attached hydrogens (tertiary/aromatic N) is 4. The van der Waals surface area contributed by atoms with Crippen molar-refractivity contribution in [3.05, 3.63) is 77.9 Å². The standard InChI is InChI=1S/C18H17FN4O/c1-13(15-10-6-7-11-16(15)19)22(2)18(24)17-12-20-23(21-17)14-8-4-3-5-9-14/h3-13H,1-2H3. The highest BCUT2D eigenvalue weighted by atomic mass is 19.1. The van der Waals surface area contributed by atoms with Crippen LogP contribution in [0.15, 0.2) is 60.8 Å². The molecule has 1 amide bonds. The predicted molar refractivity (Wildman–Crippen MR) is 88.3 cm³/mol. The van der Waals surface area contributed by atoms with Gasteiger partial charge in [-0.25, -0.2) is 4.39 Å². The first-order chi connectivity index (χ1) is 11.6. The minimum Gasteiger partial charge on any atom is -0.333 e. The summed E-state index contributed by atoms with van der Waals surface area (Å²) in [5, 5.41) is 8.34. The maximum Gasteiger partial charge on any atom is 0.276 e. The average molecular weight is 324 g/mol. The zero-order valence-corrected chi connectivity index (χ0v) is 13.4. The number of carbonyl (C=O) groups excluding carboxylic acids is 1. The third kappa shape index (κ3) is 3.03. The van der Waals surface area contributed by atoms with Gasteiger partial charge in [-0.2, -0.15) is 9.90 Å². The van der Waals surface area contributed by atoms with Gasteiger partial charge in [-0.3, -0.25) is 4.79 Å². The van der Waals surface area contributed by atoms with Gasteiger partial charge in [0.2, 0.25) is 0 Å². The molecule has 5 nitrogen and oxygen atoms in total. The van der Waals surface area contributed by atoms with Crippen molar-refractivity contribution >= 4 is 5.91 Å². The lowest BCUT2D eigenvalue weighted by Crippen LogP contribution is -2.30. The van der Waals surface area contributed by atoms with E-state index < -0.39 is 6.04 Å². The molecule has 0 spiro atoms. The van der Waals surface area contributed by atoms with E-state index in [0.29, 0.717) is 5.56 Å². The van der Waals surface area contributed by atoms with Crippen LogP contribution in [-0.2, 0) is 0 Å². The predicted octanol–water partition coefficient (Wildman–Crippen LogP) is 3.24. The minimum atomic E-state index is -0.416. The summed E-state index contributed by atoms with van der Waals surface area (Å²) in [5.41, 5.74) is 1.44. The Morgan fingerprint density at radius 3 is 2.50 bits per heavy atom. The van der Waals surface area contributed by atoms with E-state index in [1.54, 1.807) is 32.2 Å². The zero-order valence-electron chi connectivity index (χ0n) is 13.4. The van der Waals surface area contributed by atoms with Gasteiger partial charge in [-0.15, -0.1) is 5.10 Å². The summed E-state index contributed by atoms with van der Waals surface area (Å²) in [6.07, 6.45) is 1.42. The van der Waals surface area contributed by atoms with E-state index in [2.05, 4.69) is 10.2 Å². The van der Waals surface area contributed by atoms with Crippen LogP contribution in [0.4, 0.5) is 4.39 Å². The van der Waals surface area contributed by atoms with Gasteiger partial charge in [0.25, 0.3) is 5.91 Å². The summed E-state index contributed by atoms with van der Waals surface area (Å²) in [5.74, 6) is -0.648. The molecule has 2 aromatic carbocycles.